The largest absolute Gasteiger partial charge is 0.370 e. The van der Waals surface area contributed by atoms with E-state index in [4.69, 9.17) is 0 Å². The van der Waals surface area contributed by atoms with Crippen molar-refractivity contribution in [1.29, 1.82) is 0 Å². The highest BCUT2D eigenvalue weighted by Crippen LogP contribution is 2.12. The Bertz CT molecular complexity index is 378. The van der Waals surface area contributed by atoms with Crippen molar-refractivity contribution < 1.29 is 0 Å². The van der Waals surface area contributed by atoms with Gasteiger partial charge in [0.15, 0.2) is 0 Å². The van der Waals surface area contributed by atoms with Gasteiger partial charge in [-0.25, -0.2) is 4.98 Å². The zero-order valence-corrected chi connectivity index (χ0v) is 6.96. The lowest BCUT2D eigenvalue weighted by Gasteiger charge is -2.00. The van der Waals surface area contributed by atoms with Crippen LogP contribution < -0.4 is 5.32 Å². The number of fused-ring (bicyclic) bond motifs is 1. The molecule has 12 heavy (non-hydrogen) atoms. The molecule has 0 spiro atoms. The Hall–Kier alpha value is -1.51. The zero-order valence-electron chi connectivity index (χ0n) is 6.96. The van der Waals surface area contributed by atoms with Crippen LogP contribution in [0.3, 0.4) is 0 Å². The molecule has 0 amide bonds. The molecular weight excluding hydrogens is 150 g/mol. The van der Waals surface area contributed by atoms with E-state index in [1.54, 1.807) is 0 Å². The molecule has 0 atom stereocenters. The predicted molar refractivity (Wildman–Crippen MR) is 50.3 cm³/mol. The number of H-pyrrole nitrogens is 1. The van der Waals surface area contributed by atoms with Gasteiger partial charge in [-0.3, -0.25) is 0 Å². The topological polar surface area (TPSA) is 40.7 Å². The van der Waals surface area contributed by atoms with E-state index in [1.807, 2.05) is 18.3 Å². The number of nitrogens with one attached hydrogen (secondary N) is 2. The van der Waals surface area contributed by atoms with Crippen molar-refractivity contribution in [3.05, 3.63) is 24.4 Å². The van der Waals surface area contributed by atoms with Gasteiger partial charge >= 0.3 is 0 Å². The first-order chi connectivity index (χ1) is 5.90. The van der Waals surface area contributed by atoms with Crippen LogP contribution in [0.25, 0.3) is 11.0 Å². The Labute approximate surface area is 70.8 Å². The Morgan fingerprint density at radius 3 is 3.17 bits per heavy atom. The Kier molecular flexibility index (Phi) is 1.70. The summed E-state index contributed by atoms with van der Waals surface area (Å²) in [6.07, 6.45) is 1.90. The predicted octanol–water partition coefficient (Wildman–Crippen LogP) is 1.99. The Morgan fingerprint density at radius 2 is 2.33 bits per heavy atom. The lowest BCUT2D eigenvalue weighted by atomic mass is 10.3. The second kappa shape index (κ2) is 2.85. The summed E-state index contributed by atoms with van der Waals surface area (Å²) in [5, 5.41) is 4.31. The summed E-state index contributed by atoms with van der Waals surface area (Å²) in [5.74, 6) is 0.924. The number of aromatic nitrogens is 2. The van der Waals surface area contributed by atoms with Crippen LogP contribution in [0.4, 0.5) is 5.82 Å². The van der Waals surface area contributed by atoms with Crippen LogP contribution in [-0.4, -0.2) is 16.5 Å². The normalized spacial score (nSPS) is 10.4. The third kappa shape index (κ3) is 1.13. The van der Waals surface area contributed by atoms with Crippen LogP contribution in [0.5, 0.6) is 0 Å². The third-order valence-corrected chi connectivity index (χ3v) is 1.77. The summed E-state index contributed by atoms with van der Waals surface area (Å²) in [4.78, 5) is 7.43. The van der Waals surface area contributed by atoms with E-state index in [9.17, 15) is 0 Å². The van der Waals surface area contributed by atoms with Crippen LogP contribution in [0.15, 0.2) is 24.4 Å². The van der Waals surface area contributed by atoms with Gasteiger partial charge in [0.1, 0.15) is 11.5 Å². The van der Waals surface area contributed by atoms with E-state index in [0.29, 0.717) is 0 Å². The molecule has 0 aromatic carbocycles. The lowest BCUT2D eigenvalue weighted by molar-refractivity contribution is 1.17. The molecule has 2 N–H and O–H groups in total. The molecule has 0 aliphatic rings. The molecule has 0 bridgehead atoms. The minimum atomic E-state index is 0.902. The lowest BCUT2D eigenvalue weighted by Crippen LogP contribution is -1.98. The van der Waals surface area contributed by atoms with E-state index >= 15 is 0 Å². The van der Waals surface area contributed by atoms with Crippen molar-refractivity contribution in [2.75, 3.05) is 11.9 Å². The molecule has 0 aliphatic carbocycles. The summed E-state index contributed by atoms with van der Waals surface area (Å²) in [7, 11) is 0. The summed E-state index contributed by atoms with van der Waals surface area (Å²) < 4.78 is 0. The fourth-order valence-corrected chi connectivity index (χ4v) is 1.21. The Balaban J connectivity index is 2.46. The van der Waals surface area contributed by atoms with Crippen LogP contribution in [0.1, 0.15) is 6.92 Å². The number of hydrogen-bond donors (Lipinski definition) is 2. The van der Waals surface area contributed by atoms with Gasteiger partial charge in [-0.1, -0.05) is 0 Å². The highest BCUT2D eigenvalue weighted by atomic mass is 15.0. The third-order valence-electron chi connectivity index (χ3n) is 1.77. The minimum absolute atomic E-state index is 0.902. The molecule has 0 saturated heterocycles. The molecule has 2 aromatic rings. The SMILES string of the molecule is CCNc1ccc2cc[nH]c2n1. The maximum Gasteiger partial charge on any atom is 0.139 e. The fraction of sp³-hybridized carbons (Fsp3) is 0.222. The second-order valence-corrected chi connectivity index (χ2v) is 2.64. The molecule has 3 heteroatoms. The number of nitrogens with zero attached hydrogens (tertiary/aromatic N) is 1. The molecular formula is C9H11N3. The van der Waals surface area contributed by atoms with Crippen molar-refractivity contribution in [2.45, 2.75) is 6.92 Å². The van der Waals surface area contributed by atoms with Crippen molar-refractivity contribution in [3.8, 4) is 0 Å². The van der Waals surface area contributed by atoms with E-state index in [2.05, 4.69) is 28.3 Å². The van der Waals surface area contributed by atoms with Crippen molar-refractivity contribution in [3.63, 3.8) is 0 Å². The standard InChI is InChI=1S/C9H11N3/c1-2-10-8-4-3-7-5-6-11-9(7)12-8/h3-6H,2H2,1H3,(H2,10,11,12). The van der Waals surface area contributed by atoms with Crippen molar-refractivity contribution >= 4 is 16.9 Å². The smallest absolute Gasteiger partial charge is 0.139 e. The van der Waals surface area contributed by atoms with Gasteiger partial charge in [0.25, 0.3) is 0 Å². The first-order valence-corrected chi connectivity index (χ1v) is 4.08. The first kappa shape index (κ1) is 7.16. The number of anilines is 1. The Morgan fingerprint density at radius 1 is 1.42 bits per heavy atom. The summed E-state index contributed by atoms with van der Waals surface area (Å²) in [6, 6.07) is 6.05. The molecule has 0 saturated carbocycles. The minimum Gasteiger partial charge on any atom is -0.370 e. The first-order valence-electron chi connectivity index (χ1n) is 4.08. The molecule has 0 unspecified atom stereocenters. The monoisotopic (exact) mass is 161 g/mol. The molecule has 2 rings (SSSR count). The van der Waals surface area contributed by atoms with Gasteiger partial charge in [0.2, 0.25) is 0 Å². The number of rotatable bonds is 2. The molecule has 62 valence electrons. The maximum absolute atomic E-state index is 4.36. The summed E-state index contributed by atoms with van der Waals surface area (Å²) in [6.45, 7) is 2.96. The summed E-state index contributed by atoms with van der Waals surface area (Å²) >= 11 is 0. The molecule has 0 aliphatic heterocycles. The van der Waals surface area contributed by atoms with Gasteiger partial charge in [-0.05, 0) is 25.1 Å². The summed E-state index contributed by atoms with van der Waals surface area (Å²) in [5.41, 5.74) is 0.938. The van der Waals surface area contributed by atoms with Gasteiger partial charge in [-0.2, -0.15) is 0 Å². The molecule has 2 aromatic heterocycles. The highest BCUT2D eigenvalue weighted by Gasteiger charge is 1.96. The number of hydrogen-bond acceptors (Lipinski definition) is 2. The maximum atomic E-state index is 4.36. The van der Waals surface area contributed by atoms with Gasteiger partial charge < -0.3 is 10.3 Å². The quantitative estimate of drug-likeness (QED) is 0.707. The number of aromatic amines is 1. The van der Waals surface area contributed by atoms with E-state index in [1.165, 1.54) is 0 Å². The van der Waals surface area contributed by atoms with Crippen molar-refractivity contribution in [2.24, 2.45) is 0 Å². The molecule has 2 heterocycles. The average Bonchev–Trinajstić information content (AvgIpc) is 2.51. The highest BCUT2D eigenvalue weighted by molar-refractivity contribution is 5.77. The van der Waals surface area contributed by atoms with E-state index in [0.717, 1.165) is 23.4 Å². The molecule has 0 fully saturated rings. The van der Waals surface area contributed by atoms with E-state index in [-0.39, 0.29) is 0 Å². The van der Waals surface area contributed by atoms with Crippen LogP contribution in [0.2, 0.25) is 0 Å². The van der Waals surface area contributed by atoms with Crippen LogP contribution in [0, 0.1) is 0 Å². The average molecular weight is 161 g/mol. The molecule has 0 radical (unpaired) electrons. The van der Waals surface area contributed by atoms with Gasteiger partial charge in [0, 0.05) is 18.1 Å². The van der Waals surface area contributed by atoms with Gasteiger partial charge in [0.05, 0.1) is 0 Å². The number of pyridine rings is 1. The zero-order chi connectivity index (χ0) is 8.39. The fourth-order valence-electron chi connectivity index (χ4n) is 1.21. The second-order valence-electron chi connectivity index (χ2n) is 2.64. The van der Waals surface area contributed by atoms with Gasteiger partial charge in [-0.15, -0.1) is 0 Å². The molecule has 3 nitrogen and oxygen atoms in total. The van der Waals surface area contributed by atoms with Crippen LogP contribution >= 0.6 is 0 Å². The van der Waals surface area contributed by atoms with E-state index < -0.39 is 0 Å². The van der Waals surface area contributed by atoms with Crippen LogP contribution in [-0.2, 0) is 0 Å². The van der Waals surface area contributed by atoms with Crippen molar-refractivity contribution in [1.82, 2.24) is 9.97 Å².